The molecular weight excluding hydrogens is 159 g/mol. The number of rotatable bonds is 0. The van der Waals surface area contributed by atoms with Crippen LogP contribution >= 0.6 is 0 Å². The van der Waals surface area contributed by atoms with Crippen LogP contribution in [0.1, 0.15) is 13.8 Å². The maximum atomic E-state index is 9.81. The van der Waals surface area contributed by atoms with Crippen molar-refractivity contribution in [3.05, 3.63) is 0 Å². The van der Waals surface area contributed by atoms with Crippen molar-refractivity contribution in [3.8, 4) is 0 Å². The van der Waals surface area contributed by atoms with E-state index in [9.17, 15) is 9.59 Å². The van der Waals surface area contributed by atoms with E-state index >= 15 is 0 Å². The van der Waals surface area contributed by atoms with Gasteiger partial charge >= 0.3 is 79.2 Å². The van der Waals surface area contributed by atoms with Gasteiger partial charge in [0.15, 0.2) is 0 Å². The fraction of sp³-hybridized carbons (Fsp3) is 0.500. The molecule has 0 N–H and O–H groups in total. The molecule has 0 aliphatic carbocycles. The molecule has 0 radical (unpaired) electrons. The first-order valence-electron chi connectivity index (χ1n) is 1.82. The molecular formula is C4H9CaNaO3. The van der Waals surface area contributed by atoms with E-state index < -0.39 is 11.9 Å². The third-order valence-electron chi connectivity index (χ3n) is 0.287. The average Bonchev–Trinajstić information content (AvgIpc) is 1.27. The van der Waals surface area contributed by atoms with Crippen molar-refractivity contribution < 1.29 is 14.3 Å². The molecule has 0 atom stereocenters. The molecule has 0 aliphatic rings. The fourth-order valence-corrected chi connectivity index (χ4v) is 0.202. The Morgan fingerprint density at radius 2 is 1.33 bits per heavy atom. The predicted molar refractivity (Wildman–Crippen MR) is 38.1 cm³/mol. The van der Waals surface area contributed by atoms with Gasteiger partial charge < -0.3 is 4.74 Å². The van der Waals surface area contributed by atoms with Crippen LogP contribution in [0.15, 0.2) is 0 Å². The van der Waals surface area contributed by atoms with Gasteiger partial charge in [0.05, 0.1) is 0 Å². The van der Waals surface area contributed by atoms with Gasteiger partial charge in [-0.05, 0) is 0 Å². The SMILES string of the molecule is CC(=O)OC(C)=O.[CaH2].[NaH]. The summed E-state index contributed by atoms with van der Waals surface area (Å²) in [5, 5.41) is 0. The predicted octanol–water partition coefficient (Wildman–Crippen LogP) is -1.47. The van der Waals surface area contributed by atoms with Gasteiger partial charge in [0.2, 0.25) is 0 Å². The van der Waals surface area contributed by atoms with Crippen molar-refractivity contribution in [2.75, 3.05) is 0 Å². The van der Waals surface area contributed by atoms with E-state index in [2.05, 4.69) is 4.74 Å². The van der Waals surface area contributed by atoms with Crippen LogP contribution in [0, 0.1) is 0 Å². The van der Waals surface area contributed by atoms with Gasteiger partial charge in [0.1, 0.15) is 0 Å². The molecule has 0 saturated carbocycles. The molecule has 46 valence electrons. The minimum absolute atomic E-state index is 0. The number of hydrogen-bond acceptors (Lipinski definition) is 3. The topological polar surface area (TPSA) is 43.4 Å². The molecule has 0 aromatic rings. The first-order valence-corrected chi connectivity index (χ1v) is 1.82. The third kappa shape index (κ3) is 17.7. The molecule has 9 heavy (non-hydrogen) atoms. The number of hydrogen-bond donors (Lipinski definition) is 0. The number of carbonyl (C=O) groups excluding carboxylic acids is 2. The molecule has 0 rings (SSSR count). The van der Waals surface area contributed by atoms with Crippen LogP contribution in [0.5, 0.6) is 0 Å². The van der Waals surface area contributed by atoms with Crippen LogP contribution in [-0.2, 0) is 14.3 Å². The summed E-state index contributed by atoms with van der Waals surface area (Å²) in [5.41, 5.74) is 0. The van der Waals surface area contributed by atoms with Gasteiger partial charge in [-0.1, -0.05) is 0 Å². The van der Waals surface area contributed by atoms with Crippen molar-refractivity contribution in [2.45, 2.75) is 13.8 Å². The Balaban J connectivity index is -0.000000180. The molecule has 0 heterocycles. The molecule has 0 aromatic carbocycles. The van der Waals surface area contributed by atoms with Crippen LogP contribution in [-0.4, -0.2) is 79.2 Å². The average molecular weight is 168 g/mol. The molecule has 0 unspecified atom stereocenters. The summed E-state index contributed by atoms with van der Waals surface area (Å²) in [6, 6.07) is 0. The van der Waals surface area contributed by atoms with Crippen LogP contribution in [0.4, 0.5) is 0 Å². The summed E-state index contributed by atoms with van der Waals surface area (Å²) in [4.78, 5) is 19.6. The zero-order valence-corrected chi connectivity index (χ0v) is 4.22. The van der Waals surface area contributed by atoms with Crippen molar-refractivity contribution >= 4 is 79.2 Å². The Bertz CT molecular complexity index is 92.0. The number of carbonyl (C=O) groups is 2. The zero-order valence-electron chi connectivity index (χ0n) is 4.22. The quantitative estimate of drug-likeness (QED) is 0.252. The van der Waals surface area contributed by atoms with Crippen molar-refractivity contribution in [2.24, 2.45) is 0 Å². The van der Waals surface area contributed by atoms with Crippen LogP contribution in [0.25, 0.3) is 0 Å². The molecule has 3 nitrogen and oxygen atoms in total. The Labute approximate surface area is 106 Å². The van der Waals surface area contributed by atoms with E-state index in [1.165, 1.54) is 13.8 Å². The molecule has 0 bridgehead atoms. The minimum atomic E-state index is -0.562. The van der Waals surface area contributed by atoms with Gasteiger partial charge in [-0.3, -0.25) is 9.59 Å². The van der Waals surface area contributed by atoms with E-state index in [1.54, 1.807) is 0 Å². The van der Waals surface area contributed by atoms with E-state index in [0.29, 0.717) is 0 Å². The van der Waals surface area contributed by atoms with Crippen molar-refractivity contribution in [1.29, 1.82) is 0 Å². The molecule has 0 fully saturated rings. The summed E-state index contributed by atoms with van der Waals surface area (Å²) in [6.07, 6.45) is 0. The van der Waals surface area contributed by atoms with Gasteiger partial charge in [0, 0.05) is 13.8 Å². The second-order valence-corrected chi connectivity index (χ2v) is 1.09. The summed E-state index contributed by atoms with van der Waals surface area (Å²) < 4.78 is 3.97. The second kappa shape index (κ2) is 9.40. The van der Waals surface area contributed by atoms with E-state index in [0.717, 1.165) is 0 Å². The molecule has 0 spiro atoms. The monoisotopic (exact) mass is 168 g/mol. The summed E-state index contributed by atoms with van der Waals surface area (Å²) in [5.74, 6) is -1.12. The van der Waals surface area contributed by atoms with Crippen LogP contribution < -0.4 is 0 Å². The Morgan fingerprint density at radius 3 is 1.33 bits per heavy atom. The Hall–Kier alpha value is 1.40. The van der Waals surface area contributed by atoms with Gasteiger partial charge in [-0.2, -0.15) is 0 Å². The number of ether oxygens (including phenoxy) is 1. The molecule has 5 heteroatoms. The Kier molecular flexibility index (Phi) is 17.5. The van der Waals surface area contributed by atoms with Gasteiger partial charge in [-0.15, -0.1) is 0 Å². The van der Waals surface area contributed by atoms with Crippen LogP contribution in [0.3, 0.4) is 0 Å². The van der Waals surface area contributed by atoms with Crippen LogP contribution in [0.2, 0.25) is 0 Å². The fourth-order valence-electron chi connectivity index (χ4n) is 0.202. The Morgan fingerprint density at radius 1 is 1.11 bits per heavy atom. The summed E-state index contributed by atoms with van der Waals surface area (Å²) in [6.45, 7) is 2.36. The van der Waals surface area contributed by atoms with Crippen molar-refractivity contribution in [1.82, 2.24) is 0 Å². The second-order valence-electron chi connectivity index (χ2n) is 1.09. The standard InChI is InChI=1S/C4H6O3.Ca.Na.3H/c1-3(5)7-4(2)6;;;;;/h1-2H3;;;;;. The molecule has 0 aliphatic heterocycles. The van der Waals surface area contributed by atoms with Gasteiger partial charge in [0.25, 0.3) is 0 Å². The van der Waals surface area contributed by atoms with E-state index in [4.69, 9.17) is 0 Å². The summed E-state index contributed by atoms with van der Waals surface area (Å²) in [7, 11) is 0. The zero-order chi connectivity index (χ0) is 5.86. The normalized spacial score (nSPS) is 6.00. The molecule has 0 saturated heterocycles. The molecule has 0 aromatic heterocycles. The van der Waals surface area contributed by atoms with Crippen molar-refractivity contribution in [3.63, 3.8) is 0 Å². The maximum absolute atomic E-state index is 9.81. The first-order chi connectivity index (χ1) is 3.13. The van der Waals surface area contributed by atoms with E-state index in [-0.39, 0.29) is 67.3 Å². The van der Waals surface area contributed by atoms with E-state index in [1.807, 2.05) is 0 Å². The number of esters is 2. The summed E-state index contributed by atoms with van der Waals surface area (Å²) >= 11 is 0. The molecule has 0 amide bonds. The van der Waals surface area contributed by atoms with Gasteiger partial charge in [-0.25, -0.2) is 0 Å². The first kappa shape index (κ1) is 16.8. The third-order valence-corrected chi connectivity index (χ3v) is 0.287.